The fourth-order valence-electron chi connectivity index (χ4n) is 3.88. The zero-order valence-electron chi connectivity index (χ0n) is 17.0. The Labute approximate surface area is 171 Å². The predicted molar refractivity (Wildman–Crippen MR) is 112 cm³/mol. The van der Waals surface area contributed by atoms with Crippen LogP contribution in [-0.2, 0) is 0 Å². The third-order valence-electron chi connectivity index (χ3n) is 5.68. The molecule has 29 heavy (non-hydrogen) atoms. The normalized spacial score (nSPS) is 18.1. The van der Waals surface area contributed by atoms with Gasteiger partial charge in [-0.2, -0.15) is 5.26 Å². The molecule has 0 amide bonds. The maximum Gasteiger partial charge on any atom is 0.143 e. The van der Waals surface area contributed by atoms with Gasteiger partial charge >= 0.3 is 0 Å². The first-order valence-corrected chi connectivity index (χ1v) is 10.0. The molecule has 2 aromatic rings. The molecule has 1 aromatic carbocycles. The van der Waals surface area contributed by atoms with Gasteiger partial charge in [-0.05, 0) is 32.2 Å². The molecular weight excluding hydrogens is 369 g/mol. The van der Waals surface area contributed by atoms with E-state index in [0.29, 0.717) is 0 Å². The molecule has 1 aromatic heterocycles. The number of likely N-dealkylation sites (N-methyl/N-ethyl adjacent to an activating group) is 1. The first kappa shape index (κ1) is 19.4. The summed E-state index contributed by atoms with van der Waals surface area (Å²) in [6.07, 6.45) is 0. The molecule has 0 aliphatic carbocycles. The summed E-state index contributed by atoms with van der Waals surface area (Å²) < 4.78 is 14.0. The summed E-state index contributed by atoms with van der Waals surface area (Å²) in [4.78, 5) is 18.4. The lowest BCUT2D eigenvalue weighted by atomic mass is 10.2. The van der Waals surface area contributed by atoms with Gasteiger partial charge in [0, 0.05) is 64.1 Å². The summed E-state index contributed by atoms with van der Waals surface area (Å²) in [6, 6.07) is 8.78. The average Bonchev–Trinajstić information content (AvgIpc) is 2.74. The molecule has 0 spiro atoms. The summed E-state index contributed by atoms with van der Waals surface area (Å²) in [5.41, 5.74) is 0.901. The molecule has 152 valence electrons. The number of anilines is 3. The Balaban J connectivity index is 1.44. The van der Waals surface area contributed by atoms with E-state index >= 15 is 0 Å². The second-order valence-electron chi connectivity index (χ2n) is 7.67. The molecule has 3 heterocycles. The van der Waals surface area contributed by atoms with Gasteiger partial charge in [-0.1, -0.05) is 0 Å². The van der Waals surface area contributed by atoms with Crippen LogP contribution >= 0.6 is 0 Å². The van der Waals surface area contributed by atoms with Crippen LogP contribution in [0.5, 0.6) is 0 Å². The standard InChI is InChI=1S/C21H26FN7/c1-16-24-20(28-7-5-26(2)6-8-28)14-21(25-16)29-11-9-27(10-12-29)18-4-3-17(15-23)19(22)13-18/h3-4,13-14H,5-12H2,1-2H3. The van der Waals surface area contributed by atoms with Gasteiger partial charge in [-0.3, -0.25) is 0 Å². The van der Waals surface area contributed by atoms with Crippen LogP contribution in [0.2, 0.25) is 0 Å². The molecule has 4 rings (SSSR count). The summed E-state index contributed by atoms with van der Waals surface area (Å²) in [5.74, 6) is 2.28. The van der Waals surface area contributed by atoms with Gasteiger partial charge in [0.15, 0.2) is 0 Å². The Bertz CT molecular complexity index is 910. The molecule has 0 N–H and O–H groups in total. The molecule has 2 aliphatic rings. The number of aromatic nitrogens is 2. The van der Waals surface area contributed by atoms with Crippen molar-refractivity contribution >= 4 is 17.3 Å². The summed E-state index contributed by atoms with van der Waals surface area (Å²) in [6.45, 7) is 9.14. The van der Waals surface area contributed by atoms with Crippen LogP contribution in [0, 0.1) is 24.1 Å². The number of aryl methyl sites for hydroxylation is 1. The Hall–Kier alpha value is -2.92. The Kier molecular flexibility index (Phi) is 5.49. The number of benzene rings is 1. The van der Waals surface area contributed by atoms with Crippen molar-refractivity contribution in [2.24, 2.45) is 0 Å². The first-order valence-electron chi connectivity index (χ1n) is 10.0. The van der Waals surface area contributed by atoms with Crippen LogP contribution < -0.4 is 14.7 Å². The van der Waals surface area contributed by atoms with Crippen LogP contribution in [0.4, 0.5) is 21.7 Å². The molecule has 2 saturated heterocycles. The zero-order valence-corrected chi connectivity index (χ0v) is 17.0. The van der Waals surface area contributed by atoms with Crippen molar-refractivity contribution in [1.82, 2.24) is 14.9 Å². The molecule has 0 bridgehead atoms. The molecule has 0 unspecified atom stereocenters. The fraction of sp³-hybridized carbons (Fsp3) is 0.476. The van der Waals surface area contributed by atoms with Crippen LogP contribution in [0.1, 0.15) is 11.4 Å². The van der Waals surface area contributed by atoms with E-state index in [1.54, 1.807) is 6.07 Å². The van der Waals surface area contributed by atoms with E-state index in [4.69, 9.17) is 5.26 Å². The van der Waals surface area contributed by atoms with E-state index in [-0.39, 0.29) is 5.56 Å². The van der Waals surface area contributed by atoms with E-state index in [1.807, 2.05) is 19.1 Å². The number of halogens is 1. The second kappa shape index (κ2) is 8.21. The minimum atomic E-state index is -0.462. The van der Waals surface area contributed by atoms with E-state index in [1.165, 1.54) is 6.07 Å². The Morgan fingerprint density at radius 1 is 0.862 bits per heavy atom. The van der Waals surface area contributed by atoms with E-state index in [9.17, 15) is 4.39 Å². The van der Waals surface area contributed by atoms with E-state index in [2.05, 4.69) is 42.7 Å². The smallest absolute Gasteiger partial charge is 0.143 e. The number of nitrogens with zero attached hydrogens (tertiary/aromatic N) is 7. The van der Waals surface area contributed by atoms with Gasteiger partial charge in [-0.15, -0.1) is 0 Å². The highest BCUT2D eigenvalue weighted by atomic mass is 19.1. The molecule has 0 saturated carbocycles. The lowest BCUT2D eigenvalue weighted by molar-refractivity contribution is 0.312. The number of piperazine rings is 2. The minimum Gasteiger partial charge on any atom is -0.368 e. The molecule has 2 fully saturated rings. The highest BCUT2D eigenvalue weighted by Gasteiger charge is 2.22. The van der Waals surface area contributed by atoms with Crippen molar-refractivity contribution in [2.45, 2.75) is 6.92 Å². The number of rotatable bonds is 3. The Morgan fingerprint density at radius 2 is 1.41 bits per heavy atom. The van der Waals surface area contributed by atoms with Gasteiger partial charge in [0.1, 0.15) is 29.3 Å². The number of nitriles is 1. The highest BCUT2D eigenvalue weighted by Crippen LogP contribution is 2.24. The molecule has 7 nitrogen and oxygen atoms in total. The first-order chi connectivity index (χ1) is 14.0. The monoisotopic (exact) mass is 395 g/mol. The lowest BCUT2D eigenvalue weighted by Crippen LogP contribution is -2.47. The van der Waals surface area contributed by atoms with Crippen LogP contribution in [0.25, 0.3) is 0 Å². The van der Waals surface area contributed by atoms with Gasteiger partial charge in [-0.25, -0.2) is 14.4 Å². The molecule has 0 radical (unpaired) electrons. The summed E-state index contributed by atoms with van der Waals surface area (Å²) in [5, 5.41) is 8.90. The number of hydrogen-bond acceptors (Lipinski definition) is 7. The molecule has 8 heteroatoms. The van der Waals surface area contributed by atoms with Gasteiger partial charge in [0.25, 0.3) is 0 Å². The zero-order chi connectivity index (χ0) is 20.4. The van der Waals surface area contributed by atoms with Crippen molar-refractivity contribution in [2.75, 3.05) is 74.1 Å². The van der Waals surface area contributed by atoms with Gasteiger partial charge < -0.3 is 19.6 Å². The maximum absolute atomic E-state index is 14.0. The van der Waals surface area contributed by atoms with Crippen LogP contribution in [0.15, 0.2) is 24.3 Å². The average molecular weight is 395 g/mol. The second-order valence-corrected chi connectivity index (χ2v) is 7.67. The fourth-order valence-corrected chi connectivity index (χ4v) is 3.88. The number of hydrogen-bond donors (Lipinski definition) is 0. The van der Waals surface area contributed by atoms with Gasteiger partial charge in [0.2, 0.25) is 0 Å². The lowest BCUT2D eigenvalue weighted by Gasteiger charge is -2.37. The van der Waals surface area contributed by atoms with Crippen molar-refractivity contribution in [1.29, 1.82) is 5.26 Å². The van der Waals surface area contributed by atoms with Gasteiger partial charge in [0.05, 0.1) is 5.56 Å². The van der Waals surface area contributed by atoms with Crippen LogP contribution in [-0.4, -0.2) is 74.3 Å². The summed E-state index contributed by atoms with van der Waals surface area (Å²) >= 11 is 0. The van der Waals surface area contributed by atoms with Crippen molar-refractivity contribution in [3.63, 3.8) is 0 Å². The minimum absolute atomic E-state index is 0.0836. The SMILES string of the molecule is Cc1nc(N2CCN(C)CC2)cc(N2CCN(c3ccc(C#N)c(F)c3)CC2)n1. The third-order valence-corrected chi connectivity index (χ3v) is 5.68. The topological polar surface area (TPSA) is 62.5 Å². The van der Waals surface area contributed by atoms with E-state index < -0.39 is 5.82 Å². The predicted octanol–water partition coefficient (Wildman–Crippen LogP) is 1.87. The van der Waals surface area contributed by atoms with E-state index in [0.717, 1.165) is 75.5 Å². The molecule has 2 aliphatic heterocycles. The maximum atomic E-state index is 14.0. The van der Waals surface area contributed by atoms with Crippen molar-refractivity contribution < 1.29 is 4.39 Å². The summed E-state index contributed by atoms with van der Waals surface area (Å²) in [7, 11) is 2.15. The van der Waals surface area contributed by atoms with Crippen molar-refractivity contribution in [3.05, 3.63) is 41.5 Å². The third kappa shape index (κ3) is 4.25. The highest BCUT2D eigenvalue weighted by molar-refractivity contribution is 5.55. The quantitative estimate of drug-likeness (QED) is 0.786. The van der Waals surface area contributed by atoms with Crippen LogP contribution in [0.3, 0.4) is 0 Å². The molecule has 0 atom stereocenters. The van der Waals surface area contributed by atoms with Crippen molar-refractivity contribution in [3.8, 4) is 6.07 Å². The largest absolute Gasteiger partial charge is 0.368 e. The Morgan fingerprint density at radius 3 is 1.97 bits per heavy atom. The molecular formula is C21H26FN7.